The highest BCUT2D eigenvalue weighted by Crippen LogP contribution is 2.19. The number of hydrogen-bond donors (Lipinski definition) is 3. The maximum absolute atomic E-state index is 10.2. The second-order valence-corrected chi connectivity index (χ2v) is 5.56. The molecule has 0 bridgehead atoms. The smallest absolute Gasteiger partial charge is 0.0846 e. The number of ether oxygens (including phenoxy) is 1. The van der Waals surface area contributed by atoms with Crippen LogP contribution in [0.15, 0.2) is 30.3 Å². The highest BCUT2D eigenvalue weighted by molar-refractivity contribution is 5.13. The van der Waals surface area contributed by atoms with Crippen molar-refractivity contribution in [1.29, 1.82) is 0 Å². The quantitative estimate of drug-likeness (QED) is 0.677. The number of benzene rings is 1. The van der Waals surface area contributed by atoms with Crippen molar-refractivity contribution in [2.24, 2.45) is 11.8 Å². The van der Waals surface area contributed by atoms with Crippen LogP contribution in [-0.4, -0.2) is 40.2 Å². The zero-order valence-corrected chi connectivity index (χ0v) is 12.4. The summed E-state index contributed by atoms with van der Waals surface area (Å²) in [4.78, 5) is 0. The van der Waals surface area contributed by atoms with Crippen molar-refractivity contribution in [2.75, 3.05) is 6.61 Å². The molecule has 0 aliphatic rings. The fourth-order valence-corrected chi connectivity index (χ4v) is 2.20. The molecule has 0 fully saturated rings. The third kappa shape index (κ3) is 5.21. The molecule has 1 aromatic rings. The van der Waals surface area contributed by atoms with Gasteiger partial charge in [-0.2, -0.15) is 0 Å². The molecule has 4 nitrogen and oxygen atoms in total. The molecule has 5 atom stereocenters. The van der Waals surface area contributed by atoms with Gasteiger partial charge in [-0.1, -0.05) is 44.2 Å². The third-order valence-corrected chi connectivity index (χ3v) is 3.65. The molecule has 0 aromatic heterocycles. The Hall–Kier alpha value is -0.940. The van der Waals surface area contributed by atoms with Gasteiger partial charge in [-0.15, -0.1) is 0 Å². The van der Waals surface area contributed by atoms with E-state index in [1.165, 1.54) is 6.92 Å². The van der Waals surface area contributed by atoms with Crippen LogP contribution in [0.1, 0.15) is 26.3 Å². The molecular formula is C16H26O4. The van der Waals surface area contributed by atoms with Crippen molar-refractivity contribution in [3.8, 4) is 0 Å². The maximum atomic E-state index is 10.2. The summed E-state index contributed by atoms with van der Waals surface area (Å²) in [6.07, 6.45) is -2.49. The number of hydrogen-bond acceptors (Lipinski definition) is 4. The summed E-state index contributed by atoms with van der Waals surface area (Å²) in [6.45, 7) is 6.04. The molecule has 0 aliphatic carbocycles. The van der Waals surface area contributed by atoms with Crippen molar-refractivity contribution in [1.82, 2.24) is 0 Å². The first-order valence-electron chi connectivity index (χ1n) is 7.09. The summed E-state index contributed by atoms with van der Waals surface area (Å²) >= 11 is 0. The molecule has 3 N–H and O–H groups in total. The summed E-state index contributed by atoms with van der Waals surface area (Å²) in [5, 5.41) is 29.3. The molecule has 0 aliphatic heterocycles. The van der Waals surface area contributed by atoms with E-state index in [-0.39, 0.29) is 5.92 Å². The minimum atomic E-state index is -0.929. The molecule has 1 unspecified atom stereocenters. The lowest BCUT2D eigenvalue weighted by atomic mass is 9.88. The van der Waals surface area contributed by atoms with Crippen LogP contribution in [0.2, 0.25) is 0 Å². The van der Waals surface area contributed by atoms with E-state index in [9.17, 15) is 15.3 Å². The van der Waals surface area contributed by atoms with Crippen molar-refractivity contribution < 1.29 is 20.1 Å². The maximum Gasteiger partial charge on any atom is 0.0846 e. The Morgan fingerprint density at radius 3 is 2.10 bits per heavy atom. The van der Waals surface area contributed by atoms with E-state index in [1.807, 2.05) is 37.3 Å². The lowest BCUT2D eigenvalue weighted by Crippen LogP contribution is -2.40. The van der Waals surface area contributed by atoms with Crippen LogP contribution in [0.25, 0.3) is 0 Å². The Bertz CT molecular complexity index is 366. The van der Waals surface area contributed by atoms with Gasteiger partial charge in [-0.05, 0) is 12.5 Å². The SMILES string of the molecule is C[C@H](O)C(O)[C@H](C)[C@H](O)[C@H](C)COCc1ccccc1. The summed E-state index contributed by atoms with van der Waals surface area (Å²) < 4.78 is 5.59. The fourth-order valence-electron chi connectivity index (χ4n) is 2.20. The molecule has 114 valence electrons. The third-order valence-electron chi connectivity index (χ3n) is 3.65. The van der Waals surface area contributed by atoms with Gasteiger partial charge in [-0.25, -0.2) is 0 Å². The van der Waals surface area contributed by atoms with Gasteiger partial charge in [0.2, 0.25) is 0 Å². The van der Waals surface area contributed by atoms with Crippen LogP contribution < -0.4 is 0 Å². The number of rotatable bonds is 8. The standard InChI is InChI=1S/C16H26O4/c1-11(15(18)12(2)16(19)13(3)17)9-20-10-14-7-5-4-6-8-14/h4-8,11-13,15-19H,9-10H2,1-3H3/t11-,12-,13+,15-,16?/m1/s1. The molecule has 0 radical (unpaired) electrons. The Morgan fingerprint density at radius 1 is 0.950 bits per heavy atom. The molecule has 0 heterocycles. The van der Waals surface area contributed by atoms with E-state index in [4.69, 9.17) is 4.74 Å². The van der Waals surface area contributed by atoms with E-state index >= 15 is 0 Å². The van der Waals surface area contributed by atoms with Crippen LogP contribution in [0.3, 0.4) is 0 Å². The molecule has 0 spiro atoms. The van der Waals surface area contributed by atoms with E-state index < -0.39 is 24.2 Å². The second-order valence-electron chi connectivity index (χ2n) is 5.56. The predicted octanol–water partition coefficient (Wildman–Crippen LogP) is 1.58. The van der Waals surface area contributed by atoms with Gasteiger partial charge in [-0.3, -0.25) is 0 Å². The molecule has 0 saturated heterocycles. The minimum Gasteiger partial charge on any atom is -0.392 e. The number of aliphatic hydroxyl groups excluding tert-OH is 3. The average molecular weight is 282 g/mol. The van der Waals surface area contributed by atoms with Crippen LogP contribution in [0.4, 0.5) is 0 Å². The van der Waals surface area contributed by atoms with Crippen molar-refractivity contribution in [3.05, 3.63) is 35.9 Å². The lowest BCUT2D eigenvalue weighted by Gasteiger charge is -2.29. The molecule has 0 amide bonds. The topological polar surface area (TPSA) is 69.9 Å². The summed E-state index contributed by atoms with van der Waals surface area (Å²) in [5.41, 5.74) is 1.09. The summed E-state index contributed by atoms with van der Waals surface area (Å²) in [5.74, 6) is -0.507. The van der Waals surface area contributed by atoms with Crippen LogP contribution in [0, 0.1) is 11.8 Å². The molecular weight excluding hydrogens is 256 g/mol. The number of aliphatic hydroxyl groups is 3. The van der Waals surface area contributed by atoms with Crippen LogP contribution in [-0.2, 0) is 11.3 Å². The lowest BCUT2D eigenvalue weighted by molar-refractivity contribution is -0.0706. The van der Waals surface area contributed by atoms with Crippen molar-refractivity contribution in [2.45, 2.75) is 45.7 Å². The average Bonchev–Trinajstić information content (AvgIpc) is 2.45. The Kier molecular flexibility index (Phi) is 7.16. The molecule has 4 heteroatoms. The zero-order chi connectivity index (χ0) is 15.1. The first-order chi connectivity index (χ1) is 9.43. The minimum absolute atomic E-state index is 0.109. The van der Waals surface area contributed by atoms with Gasteiger partial charge >= 0.3 is 0 Å². The van der Waals surface area contributed by atoms with Crippen LogP contribution in [0.5, 0.6) is 0 Å². The highest BCUT2D eigenvalue weighted by Gasteiger charge is 2.29. The summed E-state index contributed by atoms with van der Waals surface area (Å²) in [6, 6.07) is 9.84. The summed E-state index contributed by atoms with van der Waals surface area (Å²) in [7, 11) is 0. The Morgan fingerprint density at radius 2 is 1.55 bits per heavy atom. The van der Waals surface area contributed by atoms with Gasteiger partial charge in [0.15, 0.2) is 0 Å². The van der Waals surface area contributed by atoms with E-state index in [0.717, 1.165) is 5.56 Å². The first-order valence-corrected chi connectivity index (χ1v) is 7.09. The van der Waals surface area contributed by atoms with Gasteiger partial charge < -0.3 is 20.1 Å². The highest BCUT2D eigenvalue weighted by atomic mass is 16.5. The van der Waals surface area contributed by atoms with Crippen LogP contribution >= 0.6 is 0 Å². The predicted molar refractivity (Wildman–Crippen MR) is 78.1 cm³/mol. The molecule has 0 saturated carbocycles. The fraction of sp³-hybridized carbons (Fsp3) is 0.625. The van der Waals surface area contributed by atoms with Crippen molar-refractivity contribution >= 4 is 0 Å². The molecule has 20 heavy (non-hydrogen) atoms. The van der Waals surface area contributed by atoms with Gasteiger partial charge in [0.25, 0.3) is 0 Å². The van der Waals surface area contributed by atoms with Gasteiger partial charge in [0.05, 0.1) is 31.5 Å². The van der Waals surface area contributed by atoms with E-state index in [0.29, 0.717) is 13.2 Å². The molecule has 1 rings (SSSR count). The van der Waals surface area contributed by atoms with Crippen molar-refractivity contribution in [3.63, 3.8) is 0 Å². The Balaban J connectivity index is 2.36. The van der Waals surface area contributed by atoms with E-state index in [2.05, 4.69) is 0 Å². The van der Waals surface area contributed by atoms with Gasteiger partial charge in [0.1, 0.15) is 0 Å². The van der Waals surface area contributed by atoms with Gasteiger partial charge in [0, 0.05) is 11.8 Å². The first kappa shape index (κ1) is 17.1. The monoisotopic (exact) mass is 282 g/mol. The van der Waals surface area contributed by atoms with E-state index in [1.54, 1.807) is 6.92 Å². The molecule has 1 aromatic carbocycles. The second kappa shape index (κ2) is 8.37. The zero-order valence-electron chi connectivity index (χ0n) is 12.4. The normalized spacial score (nSPS) is 19.1. The largest absolute Gasteiger partial charge is 0.392 e. The Labute approximate surface area is 121 Å².